The van der Waals surface area contributed by atoms with Gasteiger partial charge in [0.2, 0.25) is 5.95 Å². The molecule has 0 amide bonds. The molecule has 4 aromatic rings. The van der Waals surface area contributed by atoms with Crippen molar-refractivity contribution in [2.45, 2.75) is 32.5 Å². The van der Waals surface area contributed by atoms with Gasteiger partial charge in [0.25, 0.3) is 5.56 Å². The fourth-order valence-electron chi connectivity index (χ4n) is 3.95. The van der Waals surface area contributed by atoms with E-state index >= 15 is 0 Å². The predicted octanol–water partition coefficient (Wildman–Crippen LogP) is 5.41. The number of aromatic nitrogens is 2. The second-order valence-corrected chi connectivity index (χ2v) is 10.1. The molecule has 0 unspecified atom stereocenters. The molecule has 1 aliphatic heterocycles. The number of anilines is 1. The first-order chi connectivity index (χ1) is 16.3. The zero-order chi connectivity index (χ0) is 23.9. The Labute approximate surface area is 205 Å². The number of benzene rings is 2. The lowest BCUT2D eigenvalue weighted by Crippen LogP contribution is -2.32. The summed E-state index contributed by atoms with van der Waals surface area (Å²) in [6.07, 6.45) is 2.31. The van der Waals surface area contributed by atoms with E-state index in [0.29, 0.717) is 45.7 Å². The molecule has 3 heterocycles. The number of hydrogen-bond acceptors (Lipinski definition) is 7. The third-order valence-electron chi connectivity index (χ3n) is 5.68. The molecule has 0 saturated carbocycles. The van der Waals surface area contributed by atoms with Gasteiger partial charge in [-0.25, -0.2) is 15.0 Å². The van der Waals surface area contributed by atoms with E-state index in [0.717, 1.165) is 16.0 Å². The van der Waals surface area contributed by atoms with Crippen LogP contribution in [0.3, 0.4) is 0 Å². The summed E-state index contributed by atoms with van der Waals surface area (Å²) < 4.78 is 12.8. The van der Waals surface area contributed by atoms with E-state index < -0.39 is 0 Å². The topological polar surface area (TPSA) is 77.7 Å². The second-order valence-electron chi connectivity index (χ2n) is 8.60. The van der Waals surface area contributed by atoms with E-state index in [4.69, 9.17) is 26.1 Å². The summed E-state index contributed by atoms with van der Waals surface area (Å²) in [6, 6.07) is 14.6. The molecule has 9 heteroatoms. The maximum absolute atomic E-state index is 13.9. The number of halogens is 1. The molecule has 1 N–H and O–H groups in total. The highest BCUT2D eigenvalue weighted by Gasteiger charge is 2.31. The van der Waals surface area contributed by atoms with E-state index in [9.17, 15) is 4.79 Å². The summed E-state index contributed by atoms with van der Waals surface area (Å²) in [4.78, 5) is 20.4. The Morgan fingerprint density at radius 3 is 2.65 bits per heavy atom. The number of thiophene rings is 1. The van der Waals surface area contributed by atoms with Gasteiger partial charge in [-0.15, -0.1) is 11.3 Å². The molecule has 0 fully saturated rings. The number of fused-ring (bicyclic) bond motifs is 3. The molecule has 0 atom stereocenters. The third-order valence-corrected chi connectivity index (χ3v) is 7.03. The summed E-state index contributed by atoms with van der Waals surface area (Å²) >= 11 is 7.45. The van der Waals surface area contributed by atoms with Crippen LogP contribution in [0.25, 0.3) is 15.9 Å². The van der Waals surface area contributed by atoms with E-state index in [1.807, 2.05) is 50.2 Å². The third kappa shape index (κ3) is 4.32. The van der Waals surface area contributed by atoms with Crippen LogP contribution >= 0.6 is 22.9 Å². The van der Waals surface area contributed by atoms with Gasteiger partial charge < -0.3 is 9.47 Å². The fraction of sp³-hybridized carbons (Fsp3) is 0.240. The van der Waals surface area contributed by atoms with Crippen LogP contribution in [0.4, 0.5) is 5.95 Å². The lowest BCUT2D eigenvalue weighted by atomic mass is 9.94. The standard InChI is InChI=1S/C25H23ClN4O3S/c1-25(2)12-19-20(14-33-25)34-22-21(19)23(31)30(17-8-10-18(32-3)11-9-17)24(28-22)29-27-13-15-4-6-16(26)7-5-15/h4-11,13H,12,14H2,1-3H3,(H,28,29)/b27-13+. The van der Waals surface area contributed by atoms with Crippen LogP contribution in [0.1, 0.15) is 29.9 Å². The highest BCUT2D eigenvalue weighted by Crippen LogP contribution is 2.37. The van der Waals surface area contributed by atoms with Crippen molar-refractivity contribution in [3.05, 3.63) is 79.9 Å². The van der Waals surface area contributed by atoms with Crippen molar-refractivity contribution in [3.63, 3.8) is 0 Å². The smallest absolute Gasteiger partial charge is 0.268 e. The van der Waals surface area contributed by atoms with Gasteiger partial charge in [-0.1, -0.05) is 23.7 Å². The van der Waals surface area contributed by atoms with Crippen LogP contribution in [-0.2, 0) is 17.8 Å². The summed E-state index contributed by atoms with van der Waals surface area (Å²) in [5, 5.41) is 5.62. The molecule has 34 heavy (non-hydrogen) atoms. The van der Waals surface area contributed by atoms with E-state index in [1.54, 1.807) is 30.0 Å². The first-order valence-corrected chi connectivity index (χ1v) is 11.9. The molecular weight excluding hydrogens is 472 g/mol. The van der Waals surface area contributed by atoms with Gasteiger partial charge in [0.15, 0.2) is 0 Å². The van der Waals surface area contributed by atoms with Gasteiger partial charge in [-0.3, -0.25) is 4.79 Å². The number of rotatable bonds is 5. The molecular formula is C25H23ClN4O3S. The zero-order valence-corrected chi connectivity index (χ0v) is 20.5. The van der Waals surface area contributed by atoms with Crippen LogP contribution in [-0.4, -0.2) is 28.5 Å². The van der Waals surface area contributed by atoms with Crippen LogP contribution < -0.4 is 15.7 Å². The van der Waals surface area contributed by atoms with Gasteiger partial charge in [-0.2, -0.15) is 5.10 Å². The molecule has 0 spiro atoms. The molecule has 0 radical (unpaired) electrons. The molecule has 174 valence electrons. The molecule has 0 saturated heterocycles. The number of nitrogens with zero attached hydrogens (tertiary/aromatic N) is 3. The quantitative estimate of drug-likeness (QED) is 0.296. The number of ether oxygens (including phenoxy) is 2. The van der Waals surface area contributed by atoms with Gasteiger partial charge in [0, 0.05) is 16.3 Å². The average molecular weight is 495 g/mol. The van der Waals surface area contributed by atoms with Crippen molar-refractivity contribution in [1.29, 1.82) is 0 Å². The van der Waals surface area contributed by atoms with Crippen molar-refractivity contribution in [1.82, 2.24) is 9.55 Å². The maximum atomic E-state index is 13.9. The molecule has 1 aliphatic rings. The Morgan fingerprint density at radius 1 is 1.21 bits per heavy atom. The number of methoxy groups -OCH3 is 1. The number of hydrogen-bond donors (Lipinski definition) is 1. The van der Waals surface area contributed by atoms with Crippen LogP contribution in [0, 0.1) is 0 Å². The van der Waals surface area contributed by atoms with Crippen molar-refractivity contribution in [2.24, 2.45) is 5.10 Å². The average Bonchev–Trinajstić information content (AvgIpc) is 3.17. The van der Waals surface area contributed by atoms with Crippen molar-refractivity contribution < 1.29 is 9.47 Å². The van der Waals surface area contributed by atoms with Crippen LogP contribution in [0.15, 0.2) is 58.4 Å². The molecule has 5 rings (SSSR count). The molecule has 2 aromatic heterocycles. The van der Waals surface area contributed by atoms with Crippen molar-refractivity contribution >= 4 is 45.3 Å². The summed E-state index contributed by atoms with van der Waals surface area (Å²) in [5.74, 6) is 1.03. The Morgan fingerprint density at radius 2 is 1.94 bits per heavy atom. The van der Waals surface area contributed by atoms with Crippen LogP contribution in [0.5, 0.6) is 5.75 Å². The summed E-state index contributed by atoms with van der Waals surface area (Å²) in [5.41, 5.74) is 5.03. The Bertz CT molecular complexity index is 1440. The maximum Gasteiger partial charge on any atom is 0.268 e. The minimum absolute atomic E-state index is 0.144. The van der Waals surface area contributed by atoms with Crippen molar-refractivity contribution in [3.8, 4) is 11.4 Å². The van der Waals surface area contributed by atoms with E-state index in [-0.39, 0.29) is 11.2 Å². The Kier molecular flexibility index (Phi) is 5.89. The molecule has 7 nitrogen and oxygen atoms in total. The van der Waals surface area contributed by atoms with E-state index in [1.165, 1.54) is 11.3 Å². The summed E-state index contributed by atoms with van der Waals surface area (Å²) in [6.45, 7) is 4.55. The molecule has 0 bridgehead atoms. The lowest BCUT2D eigenvalue weighted by Gasteiger charge is -2.29. The minimum atomic E-state index is -0.335. The first kappa shape index (κ1) is 22.6. The fourth-order valence-corrected chi connectivity index (χ4v) is 5.17. The predicted molar refractivity (Wildman–Crippen MR) is 137 cm³/mol. The highest BCUT2D eigenvalue weighted by atomic mass is 35.5. The van der Waals surface area contributed by atoms with Gasteiger partial charge in [-0.05, 0) is 61.4 Å². The first-order valence-electron chi connectivity index (χ1n) is 10.7. The second kappa shape index (κ2) is 8.87. The zero-order valence-electron chi connectivity index (χ0n) is 19.0. The normalized spacial score (nSPS) is 14.9. The van der Waals surface area contributed by atoms with Crippen molar-refractivity contribution in [2.75, 3.05) is 12.5 Å². The molecule has 2 aromatic carbocycles. The van der Waals surface area contributed by atoms with Gasteiger partial charge >= 0.3 is 0 Å². The Balaban J connectivity index is 1.63. The Hall–Kier alpha value is -3.20. The minimum Gasteiger partial charge on any atom is -0.497 e. The number of nitrogens with one attached hydrogen (secondary N) is 1. The number of hydrazone groups is 1. The SMILES string of the molecule is COc1ccc(-n2c(N/N=C/c3ccc(Cl)cc3)nc3sc4c(c3c2=O)CC(C)(C)OC4)cc1. The monoisotopic (exact) mass is 494 g/mol. The van der Waals surface area contributed by atoms with Gasteiger partial charge in [0.05, 0.1) is 36.6 Å². The highest BCUT2D eigenvalue weighted by molar-refractivity contribution is 7.18. The largest absolute Gasteiger partial charge is 0.497 e. The van der Waals surface area contributed by atoms with Gasteiger partial charge in [0.1, 0.15) is 10.6 Å². The van der Waals surface area contributed by atoms with E-state index in [2.05, 4.69) is 10.5 Å². The lowest BCUT2D eigenvalue weighted by molar-refractivity contribution is -0.0379. The summed E-state index contributed by atoms with van der Waals surface area (Å²) in [7, 11) is 1.61. The van der Waals surface area contributed by atoms with Crippen LogP contribution in [0.2, 0.25) is 5.02 Å². The molecule has 0 aliphatic carbocycles.